The van der Waals surface area contributed by atoms with Crippen LogP contribution >= 0.6 is 11.3 Å². The van der Waals surface area contributed by atoms with Crippen molar-refractivity contribution in [1.29, 1.82) is 0 Å². The predicted molar refractivity (Wildman–Crippen MR) is 106 cm³/mol. The molecule has 1 aromatic heterocycles. The molecule has 26 heavy (non-hydrogen) atoms. The molecule has 0 unspecified atom stereocenters. The Morgan fingerprint density at radius 1 is 1.31 bits per heavy atom. The molecule has 0 fully saturated rings. The van der Waals surface area contributed by atoms with Gasteiger partial charge in [-0.1, -0.05) is 32.0 Å². The Morgan fingerprint density at radius 3 is 2.77 bits per heavy atom. The summed E-state index contributed by atoms with van der Waals surface area (Å²) in [6, 6.07) is 6.58. The lowest BCUT2D eigenvalue weighted by Gasteiger charge is -2.29. The van der Waals surface area contributed by atoms with Gasteiger partial charge >= 0.3 is 5.97 Å². The summed E-state index contributed by atoms with van der Waals surface area (Å²) in [5.41, 5.74) is 5.44. The molecular weight excluding hydrogens is 344 g/mol. The van der Waals surface area contributed by atoms with Gasteiger partial charge in [0.1, 0.15) is 0 Å². The maximum atomic E-state index is 12.2. The molecule has 4 rings (SSSR count). The molecule has 5 heteroatoms. The van der Waals surface area contributed by atoms with Gasteiger partial charge in [-0.3, -0.25) is 5.84 Å². The third-order valence-corrected chi connectivity index (χ3v) is 7.30. The minimum absolute atomic E-state index is 0.168. The normalized spacial score (nSPS) is 20.9. The second-order valence-corrected chi connectivity index (χ2v) is 9.63. The number of hydrazine groups is 1. The molecule has 0 spiro atoms. The van der Waals surface area contributed by atoms with Crippen LogP contribution in [0.2, 0.25) is 0 Å². The van der Waals surface area contributed by atoms with E-state index >= 15 is 0 Å². The van der Waals surface area contributed by atoms with Gasteiger partial charge in [-0.15, -0.1) is 11.3 Å². The molecule has 138 valence electrons. The first-order chi connectivity index (χ1) is 12.3. The average molecular weight is 371 g/mol. The number of aryl methyl sites for hydroxylation is 1. The zero-order chi connectivity index (χ0) is 18.6. The van der Waals surface area contributed by atoms with E-state index in [1.807, 2.05) is 7.05 Å². The zero-order valence-electron chi connectivity index (χ0n) is 15.6. The van der Waals surface area contributed by atoms with Crippen LogP contribution in [0, 0.1) is 5.41 Å². The highest BCUT2D eigenvalue weighted by Crippen LogP contribution is 2.46. The predicted octanol–water partition coefficient (Wildman–Crippen LogP) is 3.90. The van der Waals surface area contributed by atoms with Crippen molar-refractivity contribution in [2.45, 2.75) is 52.0 Å². The number of thiophene rings is 1. The number of likely N-dealkylation sites (N-methyl/N-ethyl adjacent to an activating group) is 1. The number of hydrogen-bond acceptors (Lipinski definition) is 4. The summed E-state index contributed by atoms with van der Waals surface area (Å²) in [4.78, 5) is 14.4. The van der Waals surface area contributed by atoms with Gasteiger partial charge in [0, 0.05) is 22.8 Å². The van der Waals surface area contributed by atoms with Gasteiger partial charge in [0.2, 0.25) is 0 Å². The number of hydrogen-bond donors (Lipinski definition) is 2. The van der Waals surface area contributed by atoms with Crippen LogP contribution in [0.3, 0.4) is 0 Å². The Balaban J connectivity index is 1.85. The maximum absolute atomic E-state index is 12.2. The lowest BCUT2D eigenvalue weighted by atomic mass is 9.76. The van der Waals surface area contributed by atoms with Crippen molar-refractivity contribution in [1.82, 2.24) is 5.01 Å². The molecule has 0 saturated heterocycles. The molecule has 0 amide bonds. The van der Waals surface area contributed by atoms with Gasteiger partial charge in [0.15, 0.2) is 0 Å². The van der Waals surface area contributed by atoms with E-state index in [0.29, 0.717) is 5.56 Å². The molecule has 1 aromatic carbocycles. The van der Waals surface area contributed by atoms with Crippen LogP contribution in [0.4, 0.5) is 0 Å². The molecule has 3 N–H and O–H groups in total. The summed E-state index contributed by atoms with van der Waals surface area (Å²) in [7, 11) is 1.91. The van der Waals surface area contributed by atoms with Gasteiger partial charge < -0.3 is 5.11 Å². The second kappa shape index (κ2) is 6.19. The Hall–Kier alpha value is -1.69. The quantitative estimate of drug-likeness (QED) is 0.635. The highest BCUT2D eigenvalue weighted by molar-refractivity contribution is 7.16. The second-order valence-electron chi connectivity index (χ2n) is 8.52. The van der Waals surface area contributed by atoms with E-state index < -0.39 is 5.97 Å². The monoisotopic (exact) mass is 370 g/mol. The molecule has 0 radical (unpaired) electrons. The van der Waals surface area contributed by atoms with E-state index in [9.17, 15) is 9.90 Å². The van der Waals surface area contributed by atoms with Crippen molar-refractivity contribution >= 4 is 17.3 Å². The Morgan fingerprint density at radius 2 is 2.08 bits per heavy atom. The SMILES string of the molecule is CN(N)[C@H]1Cc2cccc(-c3sc4c(c3C(=O)O)CC(C)(C)CC4)c2C1. The third-order valence-electron chi connectivity index (χ3n) is 5.98. The standard InChI is InChI=1S/C21H26N2O2S/c1-21(2)8-7-17-16(11-21)18(20(24)25)19(26-17)14-6-4-5-12-9-13(23(3)22)10-15(12)14/h4-6,13H,7-11,22H2,1-3H3,(H,24,25)/t13-/m0/s1. The number of benzene rings is 1. The molecule has 2 aromatic rings. The van der Waals surface area contributed by atoms with Crippen molar-refractivity contribution in [2.75, 3.05) is 7.05 Å². The van der Waals surface area contributed by atoms with E-state index in [1.165, 1.54) is 16.0 Å². The van der Waals surface area contributed by atoms with Crippen molar-refractivity contribution in [2.24, 2.45) is 11.3 Å². The summed E-state index contributed by atoms with van der Waals surface area (Å²) < 4.78 is 0. The Labute approximate surface area is 158 Å². The van der Waals surface area contributed by atoms with Crippen LogP contribution in [0.25, 0.3) is 10.4 Å². The number of carbonyl (C=O) groups is 1. The van der Waals surface area contributed by atoms with Crippen molar-refractivity contribution in [3.8, 4) is 10.4 Å². The van der Waals surface area contributed by atoms with E-state index in [0.717, 1.165) is 48.1 Å². The van der Waals surface area contributed by atoms with Gasteiger partial charge in [-0.25, -0.2) is 9.80 Å². The number of nitrogens with zero attached hydrogens (tertiary/aromatic N) is 1. The van der Waals surface area contributed by atoms with E-state index in [1.54, 1.807) is 16.3 Å². The highest BCUT2D eigenvalue weighted by atomic mass is 32.1. The molecule has 2 aliphatic rings. The number of carboxylic acids is 1. The molecule has 0 bridgehead atoms. The topological polar surface area (TPSA) is 66.6 Å². The van der Waals surface area contributed by atoms with E-state index in [-0.39, 0.29) is 11.5 Å². The molecular formula is C21H26N2O2S. The molecule has 0 aliphatic heterocycles. The molecule has 0 saturated carbocycles. The summed E-state index contributed by atoms with van der Waals surface area (Å²) in [6.07, 6.45) is 4.76. The van der Waals surface area contributed by atoms with Crippen LogP contribution in [0.5, 0.6) is 0 Å². The van der Waals surface area contributed by atoms with Gasteiger partial charge in [-0.2, -0.15) is 0 Å². The fourth-order valence-electron chi connectivity index (χ4n) is 4.47. The van der Waals surface area contributed by atoms with Crippen molar-refractivity contribution in [3.05, 3.63) is 45.3 Å². The first kappa shape index (κ1) is 17.7. The van der Waals surface area contributed by atoms with Crippen LogP contribution in [-0.2, 0) is 25.7 Å². The van der Waals surface area contributed by atoms with Gasteiger partial charge in [0.05, 0.1) is 5.56 Å². The Kier molecular flexibility index (Phi) is 4.21. The smallest absolute Gasteiger partial charge is 0.337 e. The van der Waals surface area contributed by atoms with E-state index in [4.69, 9.17) is 5.84 Å². The van der Waals surface area contributed by atoms with E-state index in [2.05, 4.69) is 32.0 Å². The molecule has 1 heterocycles. The van der Waals surface area contributed by atoms with Gasteiger partial charge in [0.25, 0.3) is 0 Å². The van der Waals surface area contributed by atoms with Crippen LogP contribution < -0.4 is 5.84 Å². The highest BCUT2D eigenvalue weighted by Gasteiger charge is 2.34. The average Bonchev–Trinajstić information content (AvgIpc) is 3.14. The van der Waals surface area contributed by atoms with Crippen LogP contribution in [-0.4, -0.2) is 29.2 Å². The lowest BCUT2D eigenvalue weighted by molar-refractivity contribution is 0.0696. The van der Waals surface area contributed by atoms with Crippen LogP contribution in [0.15, 0.2) is 18.2 Å². The van der Waals surface area contributed by atoms with Crippen LogP contribution in [0.1, 0.15) is 52.2 Å². The lowest BCUT2D eigenvalue weighted by Crippen LogP contribution is -2.37. The zero-order valence-corrected chi connectivity index (χ0v) is 16.4. The molecule has 1 atom stereocenters. The summed E-state index contributed by atoms with van der Waals surface area (Å²) in [5.74, 6) is 5.20. The molecule has 2 aliphatic carbocycles. The number of rotatable bonds is 3. The minimum atomic E-state index is -0.793. The fourth-order valence-corrected chi connectivity index (χ4v) is 5.83. The minimum Gasteiger partial charge on any atom is -0.478 e. The summed E-state index contributed by atoms with van der Waals surface area (Å²) in [5, 5.41) is 11.8. The first-order valence-corrected chi connectivity index (χ1v) is 10.0. The summed E-state index contributed by atoms with van der Waals surface area (Å²) >= 11 is 1.69. The molecule has 4 nitrogen and oxygen atoms in total. The number of carboxylic acid groups (broad SMARTS) is 1. The first-order valence-electron chi connectivity index (χ1n) is 9.23. The Bertz CT molecular complexity index is 882. The third kappa shape index (κ3) is 2.88. The number of fused-ring (bicyclic) bond motifs is 2. The fraction of sp³-hybridized carbons (Fsp3) is 0.476. The van der Waals surface area contributed by atoms with Crippen molar-refractivity contribution < 1.29 is 9.90 Å². The summed E-state index contributed by atoms with van der Waals surface area (Å²) in [6.45, 7) is 4.47. The maximum Gasteiger partial charge on any atom is 0.337 e. The number of nitrogens with two attached hydrogens (primary N) is 1. The van der Waals surface area contributed by atoms with Gasteiger partial charge in [-0.05, 0) is 59.8 Å². The van der Waals surface area contributed by atoms with Crippen molar-refractivity contribution in [3.63, 3.8) is 0 Å². The number of aromatic carboxylic acids is 1. The largest absolute Gasteiger partial charge is 0.478 e.